The molecule has 0 unspecified atom stereocenters. The van der Waals surface area contributed by atoms with Crippen LogP contribution in [0.2, 0.25) is 0 Å². The van der Waals surface area contributed by atoms with Crippen LogP contribution in [0.3, 0.4) is 0 Å². The Kier molecular flexibility index (Phi) is 6.72. The fourth-order valence-corrected chi connectivity index (χ4v) is 9.13. The number of Topliss-reactive ketones (excluding diaryl/α,β-unsaturated/α-hetero) is 1. The molecule has 0 aromatic heterocycles. The summed E-state index contributed by atoms with van der Waals surface area (Å²) in [6.45, 7) is 11.6. The summed E-state index contributed by atoms with van der Waals surface area (Å²) in [5.74, 6) is 0.525. The third kappa shape index (κ3) is 3.65. The second-order valence-electron chi connectivity index (χ2n) is 12.3. The number of fused-ring (bicyclic) bond motifs is 5. The van der Waals surface area contributed by atoms with E-state index in [1.165, 1.54) is 6.92 Å². The predicted molar refractivity (Wildman–Crippen MR) is 128 cm³/mol. The summed E-state index contributed by atoms with van der Waals surface area (Å²) in [6.07, 6.45) is 6.44. The van der Waals surface area contributed by atoms with Gasteiger partial charge >= 0.3 is 11.9 Å². The Labute approximate surface area is 204 Å². The quantitative estimate of drug-likeness (QED) is 0.571. The van der Waals surface area contributed by atoms with Gasteiger partial charge in [0.2, 0.25) is 0 Å². The fourth-order valence-electron chi connectivity index (χ4n) is 9.13. The van der Waals surface area contributed by atoms with Gasteiger partial charge in [-0.1, -0.05) is 34.6 Å². The van der Waals surface area contributed by atoms with E-state index in [2.05, 4.69) is 13.8 Å². The lowest BCUT2D eigenvalue weighted by atomic mass is 9.43. The lowest BCUT2D eigenvalue weighted by Gasteiger charge is -2.63. The molecule has 4 aliphatic rings. The molecule has 10 atom stereocenters. The van der Waals surface area contributed by atoms with Crippen molar-refractivity contribution in [1.82, 2.24) is 0 Å². The maximum absolute atomic E-state index is 12.8. The molecule has 1 N–H and O–H groups in total. The van der Waals surface area contributed by atoms with E-state index in [0.717, 1.165) is 38.5 Å². The van der Waals surface area contributed by atoms with Crippen molar-refractivity contribution in [3.8, 4) is 0 Å². The highest BCUT2D eigenvalue weighted by molar-refractivity contribution is 5.86. The van der Waals surface area contributed by atoms with Crippen molar-refractivity contribution >= 4 is 17.7 Å². The Morgan fingerprint density at radius 3 is 2.24 bits per heavy atom. The van der Waals surface area contributed by atoms with Gasteiger partial charge in [0.1, 0.15) is 17.8 Å². The molecule has 4 saturated carbocycles. The topological polar surface area (TPSA) is 89.9 Å². The van der Waals surface area contributed by atoms with Gasteiger partial charge in [0.05, 0.1) is 0 Å². The molecule has 0 aromatic rings. The first kappa shape index (κ1) is 25.7. The number of esters is 2. The summed E-state index contributed by atoms with van der Waals surface area (Å²) in [5.41, 5.74) is -2.00. The molecular formula is C28H44O6. The van der Waals surface area contributed by atoms with Crippen LogP contribution >= 0.6 is 0 Å². The Morgan fingerprint density at radius 2 is 1.62 bits per heavy atom. The van der Waals surface area contributed by atoms with E-state index < -0.39 is 11.0 Å². The highest BCUT2D eigenvalue weighted by atomic mass is 16.5. The van der Waals surface area contributed by atoms with Crippen LogP contribution in [0, 0.1) is 40.4 Å². The first-order valence-corrected chi connectivity index (χ1v) is 13.5. The van der Waals surface area contributed by atoms with E-state index in [9.17, 15) is 19.5 Å². The van der Waals surface area contributed by atoms with Crippen LogP contribution in [0.4, 0.5) is 0 Å². The van der Waals surface area contributed by atoms with E-state index in [1.54, 1.807) is 0 Å². The zero-order valence-corrected chi connectivity index (χ0v) is 21.9. The first-order chi connectivity index (χ1) is 15.9. The molecule has 0 aliphatic heterocycles. The molecule has 0 heterocycles. The highest BCUT2D eigenvalue weighted by Crippen LogP contribution is 2.69. The smallest absolute Gasteiger partial charge is 0.305 e. The predicted octanol–water partition coefficient (Wildman–Crippen LogP) is 4.85. The first-order valence-electron chi connectivity index (χ1n) is 13.5. The van der Waals surface area contributed by atoms with Gasteiger partial charge in [0.25, 0.3) is 0 Å². The molecule has 0 saturated heterocycles. The molecular weight excluding hydrogens is 432 g/mol. The van der Waals surface area contributed by atoms with Crippen LogP contribution in [-0.2, 0) is 23.9 Å². The van der Waals surface area contributed by atoms with Crippen LogP contribution in [0.1, 0.15) is 99.3 Å². The van der Waals surface area contributed by atoms with Gasteiger partial charge in [-0.25, -0.2) is 0 Å². The van der Waals surface area contributed by atoms with Gasteiger partial charge in [0.15, 0.2) is 5.78 Å². The number of hydrogen-bond donors (Lipinski definition) is 1. The highest BCUT2D eigenvalue weighted by Gasteiger charge is 2.71. The third-order valence-electron chi connectivity index (χ3n) is 10.8. The molecule has 4 rings (SSSR count). The Balaban J connectivity index is 1.69. The van der Waals surface area contributed by atoms with Crippen molar-refractivity contribution in [2.24, 2.45) is 40.4 Å². The average Bonchev–Trinajstić information content (AvgIpc) is 3.00. The lowest BCUT2D eigenvalue weighted by molar-refractivity contribution is -0.216. The third-order valence-corrected chi connectivity index (χ3v) is 10.8. The van der Waals surface area contributed by atoms with Gasteiger partial charge < -0.3 is 14.6 Å². The van der Waals surface area contributed by atoms with Crippen molar-refractivity contribution in [2.45, 2.75) is 117 Å². The van der Waals surface area contributed by atoms with Gasteiger partial charge in [-0.15, -0.1) is 0 Å². The summed E-state index contributed by atoms with van der Waals surface area (Å²) in [5, 5.41) is 11.8. The molecule has 4 fully saturated rings. The van der Waals surface area contributed by atoms with Crippen LogP contribution in [0.5, 0.6) is 0 Å². The monoisotopic (exact) mass is 476 g/mol. The maximum atomic E-state index is 12.8. The van der Waals surface area contributed by atoms with E-state index in [4.69, 9.17) is 9.47 Å². The summed E-state index contributed by atoms with van der Waals surface area (Å²) in [7, 11) is 0. The van der Waals surface area contributed by atoms with E-state index in [1.807, 2.05) is 20.8 Å². The van der Waals surface area contributed by atoms with Gasteiger partial charge in [-0.2, -0.15) is 0 Å². The number of ether oxygens (including phenoxy) is 2. The van der Waals surface area contributed by atoms with E-state index in [-0.39, 0.29) is 53.1 Å². The number of rotatable bonds is 5. The van der Waals surface area contributed by atoms with Crippen LogP contribution in [0.15, 0.2) is 0 Å². The van der Waals surface area contributed by atoms with Gasteiger partial charge in [0, 0.05) is 24.2 Å². The largest absolute Gasteiger partial charge is 0.462 e. The summed E-state index contributed by atoms with van der Waals surface area (Å²) < 4.78 is 11.9. The van der Waals surface area contributed by atoms with E-state index in [0.29, 0.717) is 31.1 Å². The summed E-state index contributed by atoms with van der Waals surface area (Å²) >= 11 is 0. The lowest BCUT2D eigenvalue weighted by Crippen LogP contribution is -2.64. The Morgan fingerprint density at radius 1 is 0.971 bits per heavy atom. The normalized spacial score (nSPS) is 47.7. The average molecular weight is 477 g/mol. The maximum Gasteiger partial charge on any atom is 0.305 e. The van der Waals surface area contributed by atoms with Crippen LogP contribution in [-0.4, -0.2) is 40.6 Å². The number of carbonyl (C=O) groups excluding carboxylic acids is 3. The molecule has 192 valence electrons. The second-order valence-corrected chi connectivity index (χ2v) is 12.3. The standard InChI is InChI=1S/C28H44O6/c1-7-23(30)33-19-11-12-26(5)18(14-19)9-10-20-21-13-16(3)28(32,17(4)29)27(21,6)15-22(25(20)26)34-24(31)8-2/h16,18-22,25,32H,7-15H2,1-6H3/t16-,18+,19-,20-,21-,22-,25-,26+,27-,28+/m1/s1. The molecule has 6 nitrogen and oxygen atoms in total. The number of carbonyl (C=O) groups is 3. The molecule has 34 heavy (non-hydrogen) atoms. The van der Waals surface area contributed by atoms with Gasteiger partial charge in [-0.05, 0) is 81.0 Å². The van der Waals surface area contributed by atoms with Crippen molar-refractivity contribution in [1.29, 1.82) is 0 Å². The Hall–Kier alpha value is -1.43. The molecule has 6 heteroatoms. The number of aliphatic hydroxyl groups is 1. The minimum absolute atomic E-state index is 0.0157. The number of ketones is 1. The molecule has 0 aromatic carbocycles. The minimum atomic E-state index is -1.39. The molecule has 4 aliphatic carbocycles. The molecule has 0 radical (unpaired) electrons. The van der Waals surface area contributed by atoms with Crippen molar-refractivity contribution in [3.05, 3.63) is 0 Å². The zero-order valence-electron chi connectivity index (χ0n) is 21.9. The second kappa shape index (κ2) is 8.90. The molecule has 0 spiro atoms. The zero-order chi connectivity index (χ0) is 25.1. The minimum Gasteiger partial charge on any atom is -0.462 e. The number of hydrogen-bond acceptors (Lipinski definition) is 6. The molecule has 0 amide bonds. The van der Waals surface area contributed by atoms with Gasteiger partial charge in [-0.3, -0.25) is 14.4 Å². The van der Waals surface area contributed by atoms with E-state index >= 15 is 0 Å². The van der Waals surface area contributed by atoms with Crippen molar-refractivity contribution in [3.63, 3.8) is 0 Å². The van der Waals surface area contributed by atoms with Crippen LogP contribution in [0.25, 0.3) is 0 Å². The van der Waals surface area contributed by atoms with Crippen molar-refractivity contribution in [2.75, 3.05) is 0 Å². The SMILES string of the molecule is CCC(=O)O[C@@H]1CC[C@@]2(C)[C@@H](CC[C@H]3[C@@H]2[C@H](OC(=O)CC)C[C@]2(C)[C@@H]3C[C@@H](C)[C@]2(O)C(C)=O)C1. The fraction of sp³-hybridized carbons (Fsp3) is 0.893. The Bertz CT molecular complexity index is 839. The summed E-state index contributed by atoms with van der Waals surface area (Å²) in [6, 6.07) is 0. The summed E-state index contributed by atoms with van der Waals surface area (Å²) in [4.78, 5) is 37.3. The van der Waals surface area contributed by atoms with Crippen LogP contribution < -0.4 is 0 Å². The molecule has 0 bridgehead atoms. The van der Waals surface area contributed by atoms with Crippen molar-refractivity contribution < 1.29 is 29.0 Å².